The van der Waals surface area contributed by atoms with Gasteiger partial charge in [0.2, 0.25) is 23.6 Å². The molecule has 7 heteroatoms. The van der Waals surface area contributed by atoms with Gasteiger partial charge in [-0.15, -0.1) is 0 Å². The Kier molecular flexibility index (Phi) is 4.43. The highest BCUT2D eigenvalue weighted by Crippen LogP contribution is 2.48. The van der Waals surface area contributed by atoms with Gasteiger partial charge in [0.05, 0.1) is 29.4 Å². The largest absolute Gasteiger partial charge is 0.457 e. The van der Waals surface area contributed by atoms with Crippen LogP contribution >= 0.6 is 0 Å². The number of carbonyl (C=O) groups is 4. The van der Waals surface area contributed by atoms with Crippen molar-refractivity contribution >= 4 is 29.3 Å². The standard InChI is InChI=1S/C24H22N2O5/c1-13-3-7-15(8-4-13)31-16-9-5-14(6-10-16)26-23(29)19-11-17-18(12-20(19)24(26)30)22(28)25(2)21(17)27/h3-10,17-20H,11-12H2,1-2H3. The number of rotatable bonds is 3. The summed E-state index contributed by atoms with van der Waals surface area (Å²) in [5.74, 6) is -1.90. The van der Waals surface area contributed by atoms with Gasteiger partial charge in [-0.25, -0.2) is 0 Å². The van der Waals surface area contributed by atoms with Crippen LogP contribution in [0.4, 0.5) is 5.69 Å². The maximum absolute atomic E-state index is 13.1. The molecular formula is C24H22N2O5. The zero-order valence-corrected chi connectivity index (χ0v) is 17.3. The molecule has 158 valence electrons. The molecule has 0 bridgehead atoms. The molecule has 4 unspecified atom stereocenters. The van der Waals surface area contributed by atoms with Crippen molar-refractivity contribution in [3.05, 3.63) is 54.1 Å². The van der Waals surface area contributed by atoms with Gasteiger partial charge in [0.25, 0.3) is 0 Å². The molecule has 3 fully saturated rings. The zero-order valence-electron chi connectivity index (χ0n) is 17.3. The van der Waals surface area contributed by atoms with Crippen LogP contribution in [0.3, 0.4) is 0 Å². The second-order valence-corrected chi connectivity index (χ2v) is 8.55. The van der Waals surface area contributed by atoms with Crippen LogP contribution in [0.1, 0.15) is 18.4 Å². The van der Waals surface area contributed by atoms with Crippen LogP contribution < -0.4 is 9.64 Å². The Morgan fingerprint density at radius 3 is 1.58 bits per heavy atom. The van der Waals surface area contributed by atoms with E-state index in [0.29, 0.717) is 17.2 Å². The van der Waals surface area contributed by atoms with Gasteiger partial charge in [0.15, 0.2) is 0 Å². The van der Waals surface area contributed by atoms with Gasteiger partial charge in [-0.1, -0.05) is 17.7 Å². The summed E-state index contributed by atoms with van der Waals surface area (Å²) in [6, 6.07) is 14.5. The fourth-order valence-corrected chi connectivity index (χ4v) is 5.00. The van der Waals surface area contributed by atoms with Gasteiger partial charge in [-0.05, 0) is 56.2 Å². The third-order valence-corrected chi connectivity index (χ3v) is 6.71. The highest BCUT2D eigenvalue weighted by Gasteiger charge is 2.59. The molecule has 2 aliphatic heterocycles. The van der Waals surface area contributed by atoms with Gasteiger partial charge in [0, 0.05) is 7.05 Å². The fourth-order valence-electron chi connectivity index (χ4n) is 5.00. The smallest absolute Gasteiger partial charge is 0.237 e. The zero-order chi connectivity index (χ0) is 21.9. The topological polar surface area (TPSA) is 84.0 Å². The first-order valence-electron chi connectivity index (χ1n) is 10.4. The number of hydrogen-bond acceptors (Lipinski definition) is 5. The van der Waals surface area contributed by atoms with E-state index in [9.17, 15) is 19.2 Å². The summed E-state index contributed by atoms with van der Waals surface area (Å²) < 4.78 is 5.82. The maximum atomic E-state index is 13.1. The third-order valence-electron chi connectivity index (χ3n) is 6.71. The number of ether oxygens (including phenoxy) is 1. The van der Waals surface area contributed by atoms with E-state index in [0.717, 1.165) is 10.5 Å². The number of benzene rings is 2. The molecule has 4 atom stereocenters. The van der Waals surface area contributed by atoms with Crippen molar-refractivity contribution in [2.45, 2.75) is 19.8 Å². The van der Waals surface area contributed by atoms with E-state index >= 15 is 0 Å². The number of likely N-dealkylation sites (tertiary alicyclic amines) is 1. The van der Waals surface area contributed by atoms with E-state index in [1.807, 2.05) is 31.2 Å². The number of nitrogens with zero attached hydrogens (tertiary/aromatic N) is 2. The summed E-state index contributed by atoms with van der Waals surface area (Å²) in [4.78, 5) is 53.2. The van der Waals surface area contributed by atoms with Crippen LogP contribution in [0.25, 0.3) is 0 Å². The van der Waals surface area contributed by atoms with E-state index < -0.39 is 23.7 Å². The molecule has 4 amide bonds. The van der Waals surface area contributed by atoms with E-state index in [-0.39, 0.29) is 36.5 Å². The van der Waals surface area contributed by atoms with Crippen molar-refractivity contribution < 1.29 is 23.9 Å². The minimum atomic E-state index is -0.555. The summed E-state index contributed by atoms with van der Waals surface area (Å²) in [5.41, 5.74) is 1.61. The van der Waals surface area contributed by atoms with Crippen LogP contribution in [0.5, 0.6) is 11.5 Å². The number of fused-ring (bicyclic) bond motifs is 2. The first kappa shape index (κ1) is 19.5. The highest BCUT2D eigenvalue weighted by molar-refractivity contribution is 6.22. The number of imide groups is 2. The first-order chi connectivity index (χ1) is 14.8. The Morgan fingerprint density at radius 1 is 0.677 bits per heavy atom. The third kappa shape index (κ3) is 3.03. The lowest BCUT2D eigenvalue weighted by molar-refractivity contribution is -0.138. The Labute approximate surface area is 179 Å². The molecule has 2 heterocycles. The van der Waals surface area contributed by atoms with Gasteiger partial charge in [-0.3, -0.25) is 29.0 Å². The Morgan fingerprint density at radius 2 is 1.10 bits per heavy atom. The lowest BCUT2D eigenvalue weighted by Gasteiger charge is -2.28. The van der Waals surface area contributed by atoms with Crippen LogP contribution in [0.2, 0.25) is 0 Å². The molecule has 31 heavy (non-hydrogen) atoms. The molecule has 2 aromatic rings. The molecule has 1 saturated carbocycles. The lowest BCUT2D eigenvalue weighted by atomic mass is 9.70. The van der Waals surface area contributed by atoms with Crippen molar-refractivity contribution in [1.29, 1.82) is 0 Å². The average Bonchev–Trinajstić information content (AvgIpc) is 3.14. The number of anilines is 1. The molecular weight excluding hydrogens is 396 g/mol. The quantitative estimate of drug-likeness (QED) is 0.716. The molecule has 1 aliphatic carbocycles. The van der Waals surface area contributed by atoms with Crippen LogP contribution in [0.15, 0.2) is 48.5 Å². The molecule has 0 N–H and O–H groups in total. The van der Waals surface area contributed by atoms with Crippen molar-refractivity contribution in [2.24, 2.45) is 23.7 Å². The molecule has 0 aromatic heterocycles. The highest BCUT2D eigenvalue weighted by atomic mass is 16.5. The van der Waals surface area contributed by atoms with Crippen molar-refractivity contribution in [1.82, 2.24) is 4.90 Å². The maximum Gasteiger partial charge on any atom is 0.237 e. The minimum absolute atomic E-state index is 0.246. The van der Waals surface area contributed by atoms with Crippen LogP contribution in [-0.4, -0.2) is 35.6 Å². The van der Waals surface area contributed by atoms with E-state index in [1.165, 1.54) is 11.9 Å². The molecule has 0 spiro atoms. The molecule has 0 radical (unpaired) electrons. The molecule has 2 saturated heterocycles. The van der Waals surface area contributed by atoms with Crippen molar-refractivity contribution in [2.75, 3.05) is 11.9 Å². The van der Waals surface area contributed by atoms with Crippen molar-refractivity contribution in [3.8, 4) is 11.5 Å². The van der Waals surface area contributed by atoms with Gasteiger partial charge >= 0.3 is 0 Å². The first-order valence-corrected chi connectivity index (χ1v) is 10.4. The van der Waals surface area contributed by atoms with E-state index in [4.69, 9.17) is 4.74 Å². The fraction of sp³-hybridized carbons (Fsp3) is 0.333. The summed E-state index contributed by atoms with van der Waals surface area (Å²) >= 11 is 0. The van der Waals surface area contributed by atoms with Gasteiger partial charge < -0.3 is 4.74 Å². The summed E-state index contributed by atoms with van der Waals surface area (Å²) in [6.07, 6.45) is 0.500. The number of aryl methyl sites for hydroxylation is 1. The average molecular weight is 418 g/mol. The molecule has 5 rings (SSSR count). The van der Waals surface area contributed by atoms with E-state index in [2.05, 4.69) is 0 Å². The second-order valence-electron chi connectivity index (χ2n) is 8.55. The van der Waals surface area contributed by atoms with E-state index in [1.54, 1.807) is 24.3 Å². The molecule has 2 aromatic carbocycles. The Hall–Kier alpha value is -3.48. The predicted octanol–water partition coefficient (Wildman–Crippen LogP) is 2.92. The minimum Gasteiger partial charge on any atom is -0.457 e. The summed E-state index contributed by atoms with van der Waals surface area (Å²) in [6.45, 7) is 2.00. The summed E-state index contributed by atoms with van der Waals surface area (Å²) in [5, 5.41) is 0. The number of hydrogen-bond donors (Lipinski definition) is 0. The SMILES string of the molecule is Cc1ccc(Oc2ccc(N3C(=O)C4CC5C(=O)N(C)C(=O)C5CC4C3=O)cc2)cc1. The molecule has 3 aliphatic rings. The lowest BCUT2D eigenvalue weighted by Crippen LogP contribution is -2.35. The van der Waals surface area contributed by atoms with Crippen LogP contribution in [0, 0.1) is 30.6 Å². The summed E-state index contributed by atoms with van der Waals surface area (Å²) in [7, 11) is 1.47. The van der Waals surface area contributed by atoms with Gasteiger partial charge in [0.1, 0.15) is 11.5 Å². The predicted molar refractivity (Wildman–Crippen MR) is 111 cm³/mol. The number of carbonyl (C=O) groups excluding carboxylic acids is 4. The van der Waals surface area contributed by atoms with Gasteiger partial charge in [-0.2, -0.15) is 0 Å². The Balaban J connectivity index is 1.35. The normalized spacial score (nSPS) is 27.5. The second kappa shape index (κ2) is 7.04. The monoisotopic (exact) mass is 418 g/mol. The Bertz CT molecular complexity index is 1050. The molecule has 7 nitrogen and oxygen atoms in total. The van der Waals surface area contributed by atoms with Crippen LogP contribution in [-0.2, 0) is 19.2 Å². The van der Waals surface area contributed by atoms with Crippen molar-refractivity contribution in [3.63, 3.8) is 0 Å². The number of amides is 4.